The molecule has 0 spiro atoms. The van der Waals surface area contributed by atoms with Crippen LogP contribution in [0.15, 0.2) is 53.4 Å². The van der Waals surface area contributed by atoms with Gasteiger partial charge in [0, 0.05) is 32.1 Å². The lowest BCUT2D eigenvalue weighted by Gasteiger charge is -2.30. The zero-order chi connectivity index (χ0) is 24.1. The van der Waals surface area contributed by atoms with Crippen molar-refractivity contribution >= 4 is 16.0 Å². The number of hydrogen-bond donors (Lipinski definition) is 0. The molecule has 0 radical (unpaired) electrons. The van der Waals surface area contributed by atoms with Crippen LogP contribution < -0.4 is 0 Å². The third-order valence-corrected chi connectivity index (χ3v) is 9.06. The maximum Gasteiger partial charge on any atom is 0.305 e. The van der Waals surface area contributed by atoms with Gasteiger partial charge in [-0.15, -0.1) is 0 Å². The summed E-state index contributed by atoms with van der Waals surface area (Å²) in [6.45, 7) is 7.11. The first-order valence-corrected chi connectivity index (χ1v) is 13.9. The Balaban J connectivity index is 1.34. The molecule has 0 bridgehead atoms. The molecule has 0 aromatic heterocycles. The summed E-state index contributed by atoms with van der Waals surface area (Å²) >= 11 is 0. The largest absolute Gasteiger partial charge is 0.462 e. The van der Waals surface area contributed by atoms with Crippen LogP contribution in [0.1, 0.15) is 51.5 Å². The SMILES string of the molecule is CCC(=O)OC1CCN(S(=O)(=O)c2ccc(-c3ccc(CCN4CCCC4C)cc3)cc2)CC1. The minimum atomic E-state index is -3.56. The van der Waals surface area contributed by atoms with Crippen molar-refractivity contribution in [2.24, 2.45) is 0 Å². The number of hydrogen-bond acceptors (Lipinski definition) is 5. The molecule has 2 fully saturated rings. The van der Waals surface area contributed by atoms with Crippen molar-refractivity contribution in [2.45, 2.75) is 69.4 Å². The minimum Gasteiger partial charge on any atom is -0.462 e. The quantitative estimate of drug-likeness (QED) is 0.517. The number of carbonyl (C=O) groups is 1. The third kappa shape index (κ3) is 5.88. The second-order valence-electron chi connectivity index (χ2n) is 9.45. The molecule has 2 aliphatic heterocycles. The normalized spacial score (nSPS) is 20.5. The van der Waals surface area contributed by atoms with E-state index < -0.39 is 10.0 Å². The molecule has 2 aromatic carbocycles. The van der Waals surface area contributed by atoms with Gasteiger partial charge in [0.05, 0.1) is 4.90 Å². The maximum atomic E-state index is 13.1. The molecule has 4 rings (SSSR count). The Bertz CT molecular complexity index is 1060. The Morgan fingerprint density at radius 2 is 1.56 bits per heavy atom. The van der Waals surface area contributed by atoms with E-state index in [1.165, 1.54) is 29.3 Å². The van der Waals surface area contributed by atoms with Crippen molar-refractivity contribution in [2.75, 3.05) is 26.2 Å². The second kappa shape index (κ2) is 11.0. The zero-order valence-corrected chi connectivity index (χ0v) is 21.1. The summed E-state index contributed by atoms with van der Waals surface area (Å²) in [6.07, 6.45) is 4.87. The van der Waals surface area contributed by atoms with E-state index >= 15 is 0 Å². The number of sulfonamides is 1. The number of carbonyl (C=O) groups excluding carboxylic acids is 1. The summed E-state index contributed by atoms with van der Waals surface area (Å²) in [4.78, 5) is 14.4. The van der Waals surface area contributed by atoms with Crippen LogP contribution in [0, 0.1) is 0 Å². The van der Waals surface area contributed by atoms with Crippen LogP contribution in [-0.4, -0.2) is 61.9 Å². The molecule has 7 heteroatoms. The molecule has 2 aromatic rings. The van der Waals surface area contributed by atoms with Gasteiger partial charge in [0.1, 0.15) is 6.10 Å². The van der Waals surface area contributed by atoms with Crippen LogP contribution in [0.4, 0.5) is 0 Å². The van der Waals surface area contributed by atoms with E-state index in [0.717, 1.165) is 24.1 Å². The predicted octanol–water partition coefficient (Wildman–Crippen LogP) is 4.49. The first-order valence-electron chi connectivity index (χ1n) is 12.5. The standard InChI is InChI=1S/C27H36N2O4S/c1-3-27(30)33-25-15-19-29(20-16-25)34(31,32)26-12-10-24(11-13-26)23-8-6-22(7-9-23)14-18-28-17-4-5-21(28)2/h6-13,21,25H,3-5,14-20H2,1-2H3. The average molecular weight is 485 g/mol. The molecule has 34 heavy (non-hydrogen) atoms. The predicted molar refractivity (Wildman–Crippen MR) is 134 cm³/mol. The molecule has 0 N–H and O–H groups in total. The zero-order valence-electron chi connectivity index (χ0n) is 20.3. The van der Waals surface area contributed by atoms with Gasteiger partial charge in [-0.05, 0) is 74.4 Å². The number of ether oxygens (including phenoxy) is 1. The van der Waals surface area contributed by atoms with Gasteiger partial charge < -0.3 is 9.64 Å². The molecule has 0 aliphatic carbocycles. The van der Waals surface area contributed by atoms with Crippen molar-refractivity contribution in [3.05, 3.63) is 54.1 Å². The first-order chi connectivity index (χ1) is 16.4. The van der Waals surface area contributed by atoms with Gasteiger partial charge in [0.25, 0.3) is 0 Å². The summed E-state index contributed by atoms with van der Waals surface area (Å²) in [5, 5.41) is 0. The van der Waals surface area contributed by atoms with E-state index in [1.807, 2.05) is 12.1 Å². The second-order valence-corrected chi connectivity index (χ2v) is 11.4. The maximum absolute atomic E-state index is 13.1. The van der Waals surface area contributed by atoms with E-state index in [4.69, 9.17) is 4.74 Å². The molecule has 0 saturated carbocycles. The number of esters is 1. The molecule has 2 saturated heterocycles. The van der Waals surface area contributed by atoms with Crippen molar-refractivity contribution in [1.29, 1.82) is 0 Å². The highest BCUT2D eigenvalue weighted by molar-refractivity contribution is 7.89. The lowest BCUT2D eigenvalue weighted by molar-refractivity contribution is -0.150. The number of piperidine rings is 1. The highest BCUT2D eigenvalue weighted by Crippen LogP contribution is 2.26. The summed E-state index contributed by atoms with van der Waals surface area (Å²) in [5.41, 5.74) is 3.42. The van der Waals surface area contributed by atoms with Crippen molar-refractivity contribution in [1.82, 2.24) is 9.21 Å². The van der Waals surface area contributed by atoms with Crippen LogP contribution in [-0.2, 0) is 26.0 Å². The summed E-state index contributed by atoms with van der Waals surface area (Å²) in [7, 11) is -3.56. The monoisotopic (exact) mass is 484 g/mol. The van der Waals surface area contributed by atoms with E-state index in [2.05, 4.69) is 36.1 Å². The fourth-order valence-electron chi connectivity index (χ4n) is 4.89. The van der Waals surface area contributed by atoms with E-state index in [0.29, 0.717) is 43.3 Å². The van der Waals surface area contributed by atoms with Crippen molar-refractivity contribution < 1.29 is 17.9 Å². The van der Waals surface area contributed by atoms with E-state index in [-0.39, 0.29) is 12.1 Å². The molecule has 2 heterocycles. The van der Waals surface area contributed by atoms with Crippen LogP contribution >= 0.6 is 0 Å². The number of nitrogens with zero attached hydrogens (tertiary/aromatic N) is 2. The van der Waals surface area contributed by atoms with Crippen molar-refractivity contribution in [3.63, 3.8) is 0 Å². The lowest BCUT2D eigenvalue weighted by atomic mass is 10.0. The van der Waals surface area contributed by atoms with Crippen LogP contribution in [0.5, 0.6) is 0 Å². The number of rotatable bonds is 8. The number of likely N-dealkylation sites (tertiary alicyclic amines) is 1. The first kappa shape index (κ1) is 24.9. The molecular formula is C27H36N2O4S. The van der Waals surface area contributed by atoms with Crippen LogP contribution in [0.25, 0.3) is 11.1 Å². The smallest absolute Gasteiger partial charge is 0.305 e. The Morgan fingerprint density at radius 3 is 2.12 bits per heavy atom. The molecule has 6 nitrogen and oxygen atoms in total. The summed E-state index contributed by atoms with van der Waals surface area (Å²) in [6, 6.07) is 16.4. The topological polar surface area (TPSA) is 66.9 Å². The lowest BCUT2D eigenvalue weighted by Crippen LogP contribution is -2.41. The molecular weight excluding hydrogens is 448 g/mol. The third-order valence-electron chi connectivity index (χ3n) is 7.15. The van der Waals surface area contributed by atoms with E-state index in [1.54, 1.807) is 19.1 Å². The van der Waals surface area contributed by atoms with Gasteiger partial charge in [-0.3, -0.25) is 4.79 Å². The Hall–Kier alpha value is -2.22. The summed E-state index contributed by atoms with van der Waals surface area (Å²) in [5.74, 6) is -0.230. The fourth-order valence-corrected chi connectivity index (χ4v) is 6.36. The number of benzene rings is 2. The Labute approximate surface area is 204 Å². The summed E-state index contributed by atoms with van der Waals surface area (Å²) < 4.78 is 33.0. The molecule has 2 aliphatic rings. The van der Waals surface area contributed by atoms with Gasteiger partial charge in [0.2, 0.25) is 10.0 Å². The van der Waals surface area contributed by atoms with Gasteiger partial charge in [0.15, 0.2) is 0 Å². The van der Waals surface area contributed by atoms with Gasteiger partial charge in [-0.1, -0.05) is 43.3 Å². The van der Waals surface area contributed by atoms with Crippen LogP contribution in [0.3, 0.4) is 0 Å². The minimum absolute atomic E-state index is 0.192. The molecule has 1 atom stereocenters. The van der Waals surface area contributed by atoms with Gasteiger partial charge in [-0.25, -0.2) is 8.42 Å². The fraction of sp³-hybridized carbons (Fsp3) is 0.519. The average Bonchev–Trinajstić information content (AvgIpc) is 3.28. The van der Waals surface area contributed by atoms with E-state index in [9.17, 15) is 13.2 Å². The Morgan fingerprint density at radius 1 is 0.941 bits per heavy atom. The highest BCUT2D eigenvalue weighted by atomic mass is 32.2. The van der Waals surface area contributed by atoms with Crippen LogP contribution in [0.2, 0.25) is 0 Å². The highest BCUT2D eigenvalue weighted by Gasteiger charge is 2.30. The van der Waals surface area contributed by atoms with Crippen molar-refractivity contribution in [3.8, 4) is 11.1 Å². The van der Waals surface area contributed by atoms with Gasteiger partial charge >= 0.3 is 5.97 Å². The Kier molecular flexibility index (Phi) is 8.06. The molecule has 1 unspecified atom stereocenters. The molecule has 184 valence electrons. The van der Waals surface area contributed by atoms with Gasteiger partial charge in [-0.2, -0.15) is 4.31 Å². The molecule has 0 amide bonds.